The van der Waals surface area contributed by atoms with Crippen LogP contribution in [0.25, 0.3) is 28.2 Å². The standard InChI is InChI=1S/C22H21BrClNO/c1-4-5-6-7-15-12-16(9-8-14(15)2)19-13-18(24)17-10-11-20(26-3)21(23)22(17)25-19/h6-13H,4-5H2,1-3H3. The van der Waals surface area contributed by atoms with Gasteiger partial charge in [-0.05, 0) is 64.7 Å². The third-order valence-corrected chi connectivity index (χ3v) is 5.46. The van der Waals surface area contributed by atoms with E-state index in [2.05, 4.69) is 60.1 Å². The Hall–Kier alpha value is -1.84. The summed E-state index contributed by atoms with van der Waals surface area (Å²) in [6.07, 6.45) is 6.63. The van der Waals surface area contributed by atoms with Crippen molar-refractivity contribution < 1.29 is 4.74 Å². The lowest BCUT2D eigenvalue weighted by Crippen LogP contribution is -1.92. The van der Waals surface area contributed by atoms with Gasteiger partial charge in [-0.15, -0.1) is 0 Å². The van der Waals surface area contributed by atoms with Gasteiger partial charge < -0.3 is 4.74 Å². The number of methoxy groups -OCH3 is 1. The summed E-state index contributed by atoms with van der Waals surface area (Å²) < 4.78 is 6.21. The van der Waals surface area contributed by atoms with Crippen molar-refractivity contribution in [3.8, 4) is 17.0 Å². The lowest BCUT2D eigenvalue weighted by atomic mass is 10.0. The fraction of sp³-hybridized carbons (Fsp3) is 0.227. The van der Waals surface area contributed by atoms with E-state index in [1.165, 1.54) is 11.1 Å². The Bertz CT molecular complexity index is 982. The minimum atomic E-state index is 0.678. The molecule has 0 unspecified atom stereocenters. The monoisotopic (exact) mass is 429 g/mol. The molecule has 1 aromatic heterocycles. The molecule has 4 heteroatoms. The zero-order valence-electron chi connectivity index (χ0n) is 15.1. The first kappa shape index (κ1) is 18.9. The van der Waals surface area contributed by atoms with E-state index in [4.69, 9.17) is 21.3 Å². The van der Waals surface area contributed by atoms with E-state index >= 15 is 0 Å². The molecule has 0 saturated carbocycles. The van der Waals surface area contributed by atoms with E-state index < -0.39 is 0 Å². The smallest absolute Gasteiger partial charge is 0.135 e. The number of fused-ring (bicyclic) bond motifs is 1. The molecular weight excluding hydrogens is 410 g/mol. The predicted molar refractivity (Wildman–Crippen MR) is 115 cm³/mol. The molecule has 0 spiro atoms. The third-order valence-electron chi connectivity index (χ3n) is 4.38. The van der Waals surface area contributed by atoms with Crippen LogP contribution in [-0.4, -0.2) is 12.1 Å². The van der Waals surface area contributed by atoms with Crippen LogP contribution in [0.5, 0.6) is 5.75 Å². The molecule has 1 heterocycles. The van der Waals surface area contributed by atoms with Crippen LogP contribution in [0.3, 0.4) is 0 Å². The molecular formula is C22H21BrClNO. The molecule has 0 atom stereocenters. The second-order valence-electron chi connectivity index (χ2n) is 6.23. The lowest BCUT2D eigenvalue weighted by molar-refractivity contribution is 0.413. The molecule has 134 valence electrons. The molecule has 26 heavy (non-hydrogen) atoms. The fourth-order valence-electron chi connectivity index (χ4n) is 2.86. The normalized spacial score (nSPS) is 11.4. The van der Waals surface area contributed by atoms with Crippen molar-refractivity contribution in [2.75, 3.05) is 7.11 Å². The summed E-state index contributed by atoms with van der Waals surface area (Å²) in [4.78, 5) is 4.85. The highest BCUT2D eigenvalue weighted by molar-refractivity contribution is 9.10. The number of halogens is 2. The second-order valence-corrected chi connectivity index (χ2v) is 7.43. The first-order valence-electron chi connectivity index (χ1n) is 8.65. The Morgan fingerprint density at radius 2 is 2.00 bits per heavy atom. The Balaban J connectivity index is 2.13. The number of aryl methyl sites for hydroxylation is 1. The topological polar surface area (TPSA) is 22.1 Å². The number of hydrogen-bond donors (Lipinski definition) is 0. The Kier molecular flexibility index (Phi) is 6.00. The number of pyridine rings is 1. The zero-order chi connectivity index (χ0) is 18.7. The molecule has 0 aliphatic rings. The number of allylic oxidation sites excluding steroid dienone is 1. The van der Waals surface area contributed by atoms with E-state index in [-0.39, 0.29) is 0 Å². The highest BCUT2D eigenvalue weighted by atomic mass is 79.9. The first-order valence-corrected chi connectivity index (χ1v) is 9.82. The van der Waals surface area contributed by atoms with Crippen LogP contribution in [0.15, 0.2) is 46.9 Å². The van der Waals surface area contributed by atoms with Gasteiger partial charge >= 0.3 is 0 Å². The van der Waals surface area contributed by atoms with Crippen molar-refractivity contribution in [3.05, 3.63) is 63.1 Å². The molecule has 2 aromatic carbocycles. The van der Waals surface area contributed by atoms with E-state index in [1.807, 2.05) is 18.2 Å². The van der Waals surface area contributed by atoms with E-state index in [1.54, 1.807) is 7.11 Å². The summed E-state index contributed by atoms with van der Waals surface area (Å²) in [5.41, 5.74) is 5.15. The van der Waals surface area contributed by atoms with Crippen LogP contribution >= 0.6 is 27.5 Å². The van der Waals surface area contributed by atoms with Crippen LogP contribution in [0.4, 0.5) is 0 Å². The molecule has 0 radical (unpaired) electrons. The van der Waals surface area contributed by atoms with E-state index in [0.717, 1.165) is 45.2 Å². The number of nitrogens with zero attached hydrogens (tertiary/aromatic N) is 1. The highest BCUT2D eigenvalue weighted by Gasteiger charge is 2.12. The lowest BCUT2D eigenvalue weighted by Gasteiger charge is -2.11. The van der Waals surface area contributed by atoms with Gasteiger partial charge in [0.2, 0.25) is 0 Å². The minimum Gasteiger partial charge on any atom is -0.495 e. The number of hydrogen-bond acceptors (Lipinski definition) is 2. The summed E-state index contributed by atoms with van der Waals surface area (Å²) in [7, 11) is 1.65. The average Bonchev–Trinajstić information content (AvgIpc) is 2.64. The molecule has 0 fully saturated rings. The van der Waals surface area contributed by atoms with Crippen LogP contribution in [0.1, 0.15) is 30.9 Å². The zero-order valence-corrected chi connectivity index (χ0v) is 17.5. The van der Waals surface area contributed by atoms with Gasteiger partial charge in [0, 0.05) is 10.9 Å². The Labute approximate surface area is 168 Å². The maximum atomic E-state index is 6.54. The molecule has 0 saturated heterocycles. The number of aromatic nitrogens is 1. The third kappa shape index (κ3) is 3.79. The van der Waals surface area contributed by atoms with Crippen molar-refractivity contribution in [1.29, 1.82) is 0 Å². The first-order chi connectivity index (χ1) is 12.5. The largest absolute Gasteiger partial charge is 0.495 e. The van der Waals surface area contributed by atoms with Gasteiger partial charge in [0.1, 0.15) is 5.75 Å². The van der Waals surface area contributed by atoms with E-state index in [0.29, 0.717) is 5.02 Å². The van der Waals surface area contributed by atoms with Crippen LogP contribution in [-0.2, 0) is 0 Å². The van der Waals surface area contributed by atoms with E-state index in [9.17, 15) is 0 Å². The summed E-state index contributed by atoms with van der Waals surface area (Å²) in [5.74, 6) is 0.741. The number of unbranched alkanes of at least 4 members (excludes halogenated alkanes) is 1. The van der Waals surface area contributed by atoms with Gasteiger partial charge in [-0.2, -0.15) is 0 Å². The van der Waals surface area contributed by atoms with Crippen LogP contribution < -0.4 is 4.74 Å². The van der Waals surface area contributed by atoms with Gasteiger partial charge in [0.05, 0.1) is 27.8 Å². The molecule has 3 aromatic rings. The van der Waals surface area contributed by atoms with Gasteiger partial charge in [-0.3, -0.25) is 0 Å². The van der Waals surface area contributed by atoms with Crippen LogP contribution in [0, 0.1) is 6.92 Å². The fourth-order valence-corrected chi connectivity index (χ4v) is 3.71. The Morgan fingerprint density at radius 1 is 1.19 bits per heavy atom. The van der Waals surface area contributed by atoms with Crippen molar-refractivity contribution in [2.24, 2.45) is 0 Å². The molecule has 0 bridgehead atoms. The molecule has 0 aliphatic carbocycles. The Morgan fingerprint density at radius 3 is 2.73 bits per heavy atom. The number of rotatable bonds is 5. The summed E-state index contributed by atoms with van der Waals surface area (Å²) in [5, 5.41) is 1.58. The van der Waals surface area contributed by atoms with Crippen molar-refractivity contribution in [3.63, 3.8) is 0 Å². The molecule has 3 rings (SSSR count). The molecule has 0 N–H and O–H groups in total. The highest BCUT2D eigenvalue weighted by Crippen LogP contribution is 2.37. The summed E-state index contributed by atoms with van der Waals surface area (Å²) in [6.45, 7) is 4.30. The van der Waals surface area contributed by atoms with Crippen molar-refractivity contribution >= 4 is 44.5 Å². The van der Waals surface area contributed by atoms with Gasteiger partial charge in [-0.25, -0.2) is 4.98 Å². The summed E-state index contributed by atoms with van der Waals surface area (Å²) >= 11 is 10.1. The number of benzene rings is 2. The molecule has 0 amide bonds. The predicted octanol–water partition coefficient (Wildman–Crippen LogP) is 7.45. The van der Waals surface area contributed by atoms with Crippen molar-refractivity contribution in [2.45, 2.75) is 26.7 Å². The maximum absolute atomic E-state index is 6.54. The second kappa shape index (κ2) is 8.24. The van der Waals surface area contributed by atoms with Crippen LogP contribution in [0.2, 0.25) is 5.02 Å². The van der Waals surface area contributed by atoms with Gasteiger partial charge in [0.15, 0.2) is 0 Å². The quantitative estimate of drug-likeness (QED) is 0.419. The van der Waals surface area contributed by atoms with Gasteiger partial charge in [-0.1, -0.05) is 49.2 Å². The summed E-state index contributed by atoms with van der Waals surface area (Å²) in [6, 6.07) is 12.1. The van der Waals surface area contributed by atoms with Crippen molar-refractivity contribution in [1.82, 2.24) is 4.98 Å². The minimum absolute atomic E-state index is 0.678. The SMILES string of the molecule is CCCC=Cc1cc(-c2cc(Cl)c3ccc(OC)c(Br)c3n2)ccc1C. The molecule has 0 aliphatic heterocycles. The molecule has 2 nitrogen and oxygen atoms in total. The van der Waals surface area contributed by atoms with Gasteiger partial charge in [0.25, 0.3) is 0 Å². The average molecular weight is 431 g/mol. The number of ether oxygens (including phenoxy) is 1. The maximum Gasteiger partial charge on any atom is 0.135 e.